The number of benzene rings is 1. The SMILES string of the molecule is Cc1oc2ccc(O)cc2c1C(=O)NC(C)(C)CN1CCC[C@H](C)C1. The molecule has 3 rings (SSSR count). The van der Waals surface area contributed by atoms with Crippen LogP contribution in [-0.2, 0) is 0 Å². The zero-order valence-electron chi connectivity index (χ0n) is 15.6. The molecule has 1 aliphatic heterocycles. The molecule has 0 saturated carbocycles. The van der Waals surface area contributed by atoms with E-state index in [-0.39, 0.29) is 17.2 Å². The first-order valence-corrected chi connectivity index (χ1v) is 9.02. The van der Waals surface area contributed by atoms with Crippen molar-refractivity contribution in [2.24, 2.45) is 5.92 Å². The van der Waals surface area contributed by atoms with Crippen molar-refractivity contribution in [3.63, 3.8) is 0 Å². The molecule has 1 aromatic carbocycles. The van der Waals surface area contributed by atoms with Crippen molar-refractivity contribution >= 4 is 16.9 Å². The molecule has 0 unspecified atom stereocenters. The largest absolute Gasteiger partial charge is 0.508 e. The smallest absolute Gasteiger partial charge is 0.255 e. The second-order valence-electron chi connectivity index (χ2n) is 8.03. The minimum absolute atomic E-state index is 0.129. The topological polar surface area (TPSA) is 65.7 Å². The molecule has 0 bridgehead atoms. The van der Waals surface area contributed by atoms with Gasteiger partial charge in [0.25, 0.3) is 5.91 Å². The Kier molecular flexibility index (Phi) is 4.78. The van der Waals surface area contributed by atoms with Crippen LogP contribution >= 0.6 is 0 Å². The van der Waals surface area contributed by atoms with Crippen molar-refractivity contribution in [1.29, 1.82) is 0 Å². The maximum atomic E-state index is 12.9. The molecule has 2 heterocycles. The molecule has 136 valence electrons. The van der Waals surface area contributed by atoms with Crippen LogP contribution in [-0.4, -0.2) is 41.1 Å². The van der Waals surface area contributed by atoms with Crippen molar-refractivity contribution in [3.05, 3.63) is 29.5 Å². The molecule has 25 heavy (non-hydrogen) atoms. The number of hydrogen-bond acceptors (Lipinski definition) is 4. The van der Waals surface area contributed by atoms with Gasteiger partial charge in [-0.05, 0) is 64.3 Å². The fourth-order valence-electron chi connectivity index (χ4n) is 3.89. The van der Waals surface area contributed by atoms with Gasteiger partial charge in [0, 0.05) is 24.0 Å². The number of furan rings is 1. The van der Waals surface area contributed by atoms with E-state index in [9.17, 15) is 9.90 Å². The zero-order valence-corrected chi connectivity index (χ0v) is 15.6. The number of aromatic hydroxyl groups is 1. The van der Waals surface area contributed by atoms with Gasteiger partial charge in [-0.15, -0.1) is 0 Å². The number of phenolic OH excluding ortho intramolecular Hbond substituents is 1. The molecule has 5 heteroatoms. The molecule has 1 atom stereocenters. The summed E-state index contributed by atoms with van der Waals surface area (Å²) in [5, 5.41) is 13.5. The summed E-state index contributed by atoms with van der Waals surface area (Å²) in [6.45, 7) is 11.2. The van der Waals surface area contributed by atoms with Gasteiger partial charge in [-0.1, -0.05) is 6.92 Å². The molecule has 0 radical (unpaired) electrons. The number of amides is 1. The molecular weight excluding hydrogens is 316 g/mol. The molecule has 1 aliphatic rings. The second kappa shape index (κ2) is 6.71. The minimum Gasteiger partial charge on any atom is -0.508 e. The summed E-state index contributed by atoms with van der Waals surface area (Å²) in [6.07, 6.45) is 2.50. The number of fused-ring (bicyclic) bond motifs is 1. The normalized spacial score (nSPS) is 19.3. The first kappa shape index (κ1) is 17.8. The highest BCUT2D eigenvalue weighted by molar-refractivity contribution is 6.07. The molecule has 0 aliphatic carbocycles. The van der Waals surface area contributed by atoms with E-state index in [1.165, 1.54) is 12.8 Å². The van der Waals surface area contributed by atoms with Gasteiger partial charge >= 0.3 is 0 Å². The third-order valence-electron chi connectivity index (χ3n) is 4.89. The number of likely N-dealkylation sites (tertiary alicyclic amines) is 1. The Morgan fingerprint density at radius 3 is 2.92 bits per heavy atom. The highest BCUT2D eigenvalue weighted by atomic mass is 16.3. The van der Waals surface area contributed by atoms with Gasteiger partial charge in [-0.25, -0.2) is 0 Å². The molecule has 1 aromatic heterocycles. The van der Waals surface area contributed by atoms with Crippen LogP contribution < -0.4 is 5.32 Å². The Morgan fingerprint density at radius 2 is 2.20 bits per heavy atom. The fraction of sp³-hybridized carbons (Fsp3) is 0.550. The van der Waals surface area contributed by atoms with Crippen LogP contribution in [0.2, 0.25) is 0 Å². The third-order valence-corrected chi connectivity index (χ3v) is 4.89. The summed E-state index contributed by atoms with van der Waals surface area (Å²) in [5.41, 5.74) is 0.773. The van der Waals surface area contributed by atoms with Crippen molar-refractivity contribution < 1.29 is 14.3 Å². The van der Waals surface area contributed by atoms with Crippen molar-refractivity contribution in [2.75, 3.05) is 19.6 Å². The fourth-order valence-corrected chi connectivity index (χ4v) is 3.89. The summed E-state index contributed by atoms with van der Waals surface area (Å²) in [7, 11) is 0. The third kappa shape index (κ3) is 3.98. The van der Waals surface area contributed by atoms with E-state index < -0.39 is 0 Å². The Bertz CT molecular complexity index is 779. The number of piperidine rings is 1. The van der Waals surface area contributed by atoms with Crippen LogP contribution in [0.5, 0.6) is 5.75 Å². The molecule has 1 amide bonds. The van der Waals surface area contributed by atoms with Crippen molar-refractivity contribution in [3.8, 4) is 5.75 Å². The van der Waals surface area contributed by atoms with Crippen LogP contribution in [0.1, 0.15) is 49.7 Å². The van der Waals surface area contributed by atoms with Gasteiger partial charge in [-0.3, -0.25) is 4.79 Å². The first-order valence-electron chi connectivity index (χ1n) is 9.02. The van der Waals surface area contributed by atoms with E-state index in [4.69, 9.17) is 4.42 Å². The van der Waals surface area contributed by atoms with Crippen LogP contribution in [0.15, 0.2) is 22.6 Å². The number of aryl methyl sites for hydroxylation is 1. The molecule has 5 nitrogen and oxygen atoms in total. The van der Waals surface area contributed by atoms with E-state index in [1.807, 2.05) is 0 Å². The summed E-state index contributed by atoms with van der Waals surface area (Å²) in [5.74, 6) is 1.25. The predicted octanol–water partition coefficient (Wildman–Crippen LogP) is 3.69. The highest BCUT2D eigenvalue weighted by Gasteiger charge is 2.28. The average molecular weight is 344 g/mol. The van der Waals surface area contributed by atoms with Crippen molar-refractivity contribution in [1.82, 2.24) is 10.2 Å². The predicted molar refractivity (Wildman–Crippen MR) is 99.0 cm³/mol. The van der Waals surface area contributed by atoms with Gasteiger partial charge < -0.3 is 19.7 Å². The van der Waals surface area contributed by atoms with Crippen LogP contribution in [0, 0.1) is 12.8 Å². The van der Waals surface area contributed by atoms with Crippen LogP contribution in [0.3, 0.4) is 0 Å². The quantitative estimate of drug-likeness (QED) is 0.888. The Morgan fingerprint density at radius 1 is 1.44 bits per heavy atom. The molecule has 2 N–H and O–H groups in total. The Balaban J connectivity index is 1.77. The average Bonchev–Trinajstić information content (AvgIpc) is 2.81. The van der Waals surface area contributed by atoms with Gasteiger partial charge in [0.05, 0.1) is 5.56 Å². The molecule has 1 saturated heterocycles. The van der Waals surface area contributed by atoms with E-state index in [1.54, 1.807) is 25.1 Å². The lowest BCUT2D eigenvalue weighted by Gasteiger charge is -2.37. The van der Waals surface area contributed by atoms with Gasteiger partial charge in [0.15, 0.2) is 0 Å². The number of nitrogens with zero attached hydrogens (tertiary/aromatic N) is 1. The Labute approximate surface area is 149 Å². The molecule has 1 fully saturated rings. The maximum absolute atomic E-state index is 12.9. The monoisotopic (exact) mass is 344 g/mol. The van der Waals surface area contributed by atoms with Gasteiger partial charge in [0.2, 0.25) is 0 Å². The summed E-state index contributed by atoms with van der Waals surface area (Å²) < 4.78 is 5.67. The lowest BCUT2D eigenvalue weighted by molar-refractivity contribution is 0.0863. The van der Waals surface area contributed by atoms with Gasteiger partial charge in [-0.2, -0.15) is 0 Å². The number of nitrogens with one attached hydrogen (secondary N) is 1. The van der Waals surface area contributed by atoms with Crippen molar-refractivity contribution in [2.45, 2.75) is 46.1 Å². The number of hydrogen-bond donors (Lipinski definition) is 2. The van der Waals surface area contributed by atoms with E-state index in [2.05, 4.69) is 31.0 Å². The van der Waals surface area contributed by atoms with E-state index >= 15 is 0 Å². The number of carbonyl (C=O) groups excluding carboxylic acids is 1. The zero-order chi connectivity index (χ0) is 18.2. The summed E-state index contributed by atoms with van der Waals surface area (Å²) in [4.78, 5) is 15.3. The van der Waals surface area contributed by atoms with Crippen LogP contribution in [0.4, 0.5) is 0 Å². The standard InChI is InChI=1S/C20H28N2O3/c1-13-6-5-9-22(11-13)12-20(3,4)21-19(24)18-14(2)25-17-8-7-15(23)10-16(17)18/h7-8,10,13,23H,5-6,9,11-12H2,1-4H3,(H,21,24)/t13-/m0/s1. The number of carbonyl (C=O) groups is 1. The minimum atomic E-state index is -0.346. The lowest BCUT2D eigenvalue weighted by Crippen LogP contribution is -2.53. The highest BCUT2D eigenvalue weighted by Crippen LogP contribution is 2.29. The second-order valence-corrected chi connectivity index (χ2v) is 8.03. The summed E-state index contributed by atoms with van der Waals surface area (Å²) >= 11 is 0. The number of phenols is 1. The summed E-state index contributed by atoms with van der Waals surface area (Å²) in [6, 6.07) is 4.84. The number of rotatable bonds is 4. The maximum Gasteiger partial charge on any atom is 0.255 e. The molecule has 2 aromatic rings. The van der Waals surface area contributed by atoms with E-state index in [0.29, 0.717) is 28.2 Å². The van der Waals surface area contributed by atoms with E-state index in [0.717, 1.165) is 19.6 Å². The van der Waals surface area contributed by atoms with Gasteiger partial charge in [0.1, 0.15) is 17.1 Å². The first-order chi connectivity index (χ1) is 11.7. The molecular formula is C20H28N2O3. The molecule has 0 spiro atoms. The Hall–Kier alpha value is -2.01. The lowest BCUT2D eigenvalue weighted by atomic mass is 9.97. The van der Waals surface area contributed by atoms with Crippen LogP contribution in [0.25, 0.3) is 11.0 Å².